The van der Waals surface area contributed by atoms with Gasteiger partial charge in [0, 0.05) is 18.3 Å². The highest BCUT2D eigenvalue weighted by atomic mass is 16.2. The maximum Gasteiger partial charge on any atom is 0.315 e. The van der Waals surface area contributed by atoms with Crippen molar-refractivity contribution in [2.45, 2.75) is 63.5 Å². The summed E-state index contributed by atoms with van der Waals surface area (Å²) in [5.41, 5.74) is 0.896. The van der Waals surface area contributed by atoms with Crippen LogP contribution in [0.5, 0.6) is 0 Å². The molecular formula is C19H27N3O2. The van der Waals surface area contributed by atoms with E-state index in [0.29, 0.717) is 13.0 Å². The van der Waals surface area contributed by atoms with Gasteiger partial charge < -0.3 is 15.5 Å². The molecule has 5 heteroatoms. The van der Waals surface area contributed by atoms with Crippen LogP contribution in [-0.4, -0.2) is 30.6 Å². The average molecular weight is 329 g/mol. The fraction of sp³-hybridized carbons (Fsp3) is 0.579. The lowest BCUT2D eigenvalue weighted by atomic mass is 9.97. The third kappa shape index (κ3) is 4.28. The molecule has 1 aromatic carbocycles. The number of anilines is 1. The van der Waals surface area contributed by atoms with Gasteiger partial charge in [0.1, 0.15) is 6.04 Å². The Morgan fingerprint density at radius 3 is 2.29 bits per heavy atom. The van der Waals surface area contributed by atoms with E-state index in [2.05, 4.69) is 10.6 Å². The third-order valence-corrected chi connectivity index (χ3v) is 5.02. The van der Waals surface area contributed by atoms with Crippen LogP contribution in [0.25, 0.3) is 0 Å². The SMILES string of the molecule is O=C(NC1CCCCCCC1)NC1CCN(c2ccccc2)C1=O. The van der Waals surface area contributed by atoms with Gasteiger partial charge in [0.25, 0.3) is 0 Å². The normalized spacial score (nSPS) is 22.8. The smallest absolute Gasteiger partial charge is 0.315 e. The van der Waals surface area contributed by atoms with Crippen molar-refractivity contribution < 1.29 is 9.59 Å². The summed E-state index contributed by atoms with van der Waals surface area (Å²) >= 11 is 0. The molecule has 5 nitrogen and oxygen atoms in total. The van der Waals surface area contributed by atoms with Crippen molar-refractivity contribution in [3.05, 3.63) is 30.3 Å². The maximum absolute atomic E-state index is 12.5. The van der Waals surface area contributed by atoms with Crippen molar-refractivity contribution in [3.63, 3.8) is 0 Å². The zero-order chi connectivity index (χ0) is 16.8. The third-order valence-electron chi connectivity index (χ3n) is 5.02. The Hall–Kier alpha value is -2.04. The first-order valence-electron chi connectivity index (χ1n) is 9.17. The number of hydrogen-bond donors (Lipinski definition) is 2. The molecule has 1 saturated heterocycles. The van der Waals surface area contributed by atoms with Crippen molar-refractivity contribution in [3.8, 4) is 0 Å². The predicted octanol–water partition coefficient (Wildman–Crippen LogP) is 3.20. The van der Waals surface area contributed by atoms with Gasteiger partial charge >= 0.3 is 6.03 Å². The van der Waals surface area contributed by atoms with Gasteiger partial charge in [-0.3, -0.25) is 4.79 Å². The Morgan fingerprint density at radius 2 is 1.58 bits per heavy atom. The van der Waals surface area contributed by atoms with Gasteiger partial charge in [0.15, 0.2) is 0 Å². The minimum absolute atomic E-state index is 0.0194. The van der Waals surface area contributed by atoms with E-state index in [1.807, 2.05) is 30.3 Å². The minimum Gasteiger partial charge on any atom is -0.335 e. The van der Waals surface area contributed by atoms with Crippen LogP contribution in [-0.2, 0) is 4.79 Å². The number of benzene rings is 1. The van der Waals surface area contributed by atoms with E-state index in [4.69, 9.17) is 0 Å². The lowest BCUT2D eigenvalue weighted by Gasteiger charge is -2.22. The van der Waals surface area contributed by atoms with Crippen molar-refractivity contribution >= 4 is 17.6 Å². The molecule has 1 aliphatic heterocycles. The number of urea groups is 1. The van der Waals surface area contributed by atoms with Gasteiger partial charge in [-0.1, -0.05) is 50.3 Å². The van der Waals surface area contributed by atoms with Gasteiger partial charge in [-0.05, 0) is 31.4 Å². The summed E-state index contributed by atoms with van der Waals surface area (Å²) in [6, 6.07) is 9.25. The van der Waals surface area contributed by atoms with Gasteiger partial charge in [-0.25, -0.2) is 4.79 Å². The lowest BCUT2D eigenvalue weighted by molar-refractivity contribution is -0.118. The zero-order valence-corrected chi connectivity index (χ0v) is 14.2. The Labute approximate surface area is 143 Å². The van der Waals surface area contributed by atoms with Crippen LogP contribution in [0.3, 0.4) is 0 Å². The van der Waals surface area contributed by atoms with Crippen molar-refractivity contribution in [1.29, 1.82) is 0 Å². The first-order valence-corrected chi connectivity index (χ1v) is 9.17. The van der Waals surface area contributed by atoms with Crippen LogP contribution in [0.2, 0.25) is 0 Å². The standard InChI is InChI=1S/C19H27N3O2/c23-18-17(13-14-22(18)16-11-7-4-8-12-16)21-19(24)20-15-9-5-2-1-3-6-10-15/h4,7-8,11-12,15,17H,1-3,5-6,9-10,13-14H2,(H2,20,21,24). The summed E-state index contributed by atoms with van der Waals surface area (Å²) in [6.45, 7) is 0.650. The molecule has 2 aliphatic rings. The topological polar surface area (TPSA) is 61.4 Å². The molecule has 130 valence electrons. The molecule has 2 fully saturated rings. The molecule has 1 atom stereocenters. The molecule has 0 spiro atoms. The highest BCUT2D eigenvalue weighted by Gasteiger charge is 2.33. The number of rotatable bonds is 3. The number of nitrogens with zero attached hydrogens (tertiary/aromatic N) is 1. The van der Waals surface area contributed by atoms with E-state index in [1.54, 1.807) is 4.90 Å². The highest BCUT2D eigenvalue weighted by molar-refractivity contribution is 6.01. The van der Waals surface area contributed by atoms with Crippen LogP contribution in [0, 0.1) is 0 Å². The molecule has 3 amide bonds. The Bertz CT molecular complexity index is 553. The molecule has 2 N–H and O–H groups in total. The molecule has 1 aromatic rings. The first-order chi connectivity index (χ1) is 11.7. The zero-order valence-electron chi connectivity index (χ0n) is 14.2. The van der Waals surface area contributed by atoms with Crippen LogP contribution in [0.4, 0.5) is 10.5 Å². The number of hydrogen-bond acceptors (Lipinski definition) is 2. The summed E-state index contributed by atoms with van der Waals surface area (Å²) in [4.78, 5) is 26.5. The molecular weight excluding hydrogens is 302 g/mol. The number of amides is 3. The molecule has 1 heterocycles. The molecule has 1 aliphatic carbocycles. The second-order valence-corrected chi connectivity index (χ2v) is 6.83. The summed E-state index contributed by atoms with van der Waals surface area (Å²) in [5, 5.41) is 5.94. The Balaban J connectivity index is 1.50. The summed E-state index contributed by atoms with van der Waals surface area (Å²) in [5.74, 6) is -0.0194. The van der Waals surface area contributed by atoms with E-state index in [0.717, 1.165) is 18.5 Å². The Kier molecular flexibility index (Phi) is 5.72. The van der Waals surface area contributed by atoms with E-state index in [1.165, 1.54) is 32.1 Å². The molecule has 1 unspecified atom stereocenters. The first kappa shape index (κ1) is 16.8. The van der Waals surface area contributed by atoms with Gasteiger partial charge in [-0.15, -0.1) is 0 Å². The van der Waals surface area contributed by atoms with E-state index >= 15 is 0 Å². The van der Waals surface area contributed by atoms with Crippen LogP contribution < -0.4 is 15.5 Å². The second kappa shape index (κ2) is 8.18. The Morgan fingerprint density at radius 1 is 0.917 bits per heavy atom. The lowest BCUT2D eigenvalue weighted by Crippen LogP contribution is -2.49. The van der Waals surface area contributed by atoms with Crippen LogP contribution in [0.1, 0.15) is 51.4 Å². The average Bonchev–Trinajstić information content (AvgIpc) is 2.91. The fourth-order valence-corrected chi connectivity index (χ4v) is 3.66. The van der Waals surface area contributed by atoms with Crippen molar-refractivity contribution in [2.24, 2.45) is 0 Å². The largest absolute Gasteiger partial charge is 0.335 e. The fourth-order valence-electron chi connectivity index (χ4n) is 3.66. The summed E-state index contributed by atoms with van der Waals surface area (Å²) in [7, 11) is 0. The molecule has 3 rings (SSSR count). The number of carbonyl (C=O) groups is 2. The van der Waals surface area contributed by atoms with E-state index < -0.39 is 6.04 Å². The van der Waals surface area contributed by atoms with E-state index in [-0.39, 0.29) is 18.0 Å². The molecule has 0 radical (unpaired) electrons. The van der Waals surface area contributed by atoms with Gasteiger partial charge in [-0.2, -0.15) is 0 Å². The van der Waals surface area contributed by atoms with Crippen LogP contribution >= 0.6 is 0 Å². The van der Waals surface area contributed by atoms with Crippen LogP contribution in [0.15, 0.2) is 30.3 Å². The second-order valence-electron chi connectivity index (χ2n) is 6.83. The molecule has 0 bridgehead atoms. The van der Waals surface area contributed by atoms with Gasteiger partial charge in [0.05, 0.1) is 0 Å². The van der Waals surface area contributed by atoms with Gasteiger partial charge in [0.2, 0.25) is 5.91 Å². The minimum atomic E-state index is -0.418. The molecule has 24 heavy (non-hydrogen) atoms. The van der Waals surface area contributed by atoms with Crippen molar-refractivity contribution in [2.75, 3.05) is 11.4 Å². The number of nitrogens with one attached hydrogen (secondary N) is 2. The summed E-state index contributed by atoms with van der Waals surface area (Å²) in [6.07, 6.45) is 8.92. The predicted molar refractivity (Wildman–Crippen MR) is 95.0 cm³/mol. The monoisotopic (exact) mass is 329 g/mol. The van der Waals surface area contributed by atoms with E-state index in [9.17, 15) is 9.59 Å². The molecule has 0 aromatic heterocycles. The van der Waals surface area contributed by atoms with Crippen molar-refractivity contribution in [1.82, 2.24) is 10.6 Å². The highest BCUT2D eigenvalue weighted by Crippen LogP contribution is 2.21. The number of carbonyl (C=O) groups excluding carboxylic acids is 2. The quantitative estimate of drug-likeness (QED) is 0.894. The maximum atomic E-state index is 12.5. The molecule has 1 saturated carbocycles. The summed E-state index contributed by atoms with van der Waals surface area (Å²) < 4.78 is 0. The number of para-hydroxylation sites is 1.